The maximum atomic E-state index is 13.1. The quantitative estimate of drug-likeness (QED) is 0.542. The van der Waals surface area contributed by atoms with Crippen molar-refractivity contribution in [2.45, 2.75) is 13.8 Å². The van der Waals surface area contributed by atoms with Crippen molar-refractivity contribution in [3.63, 3.8) is 0 Å². The highest BCUT2D eigenvalue weighted by atomic mass is 16.3. The molecule has 3 aromatic rings. The van der Waals surface area contributed by atoms with Gasteiger partial charge in [0.2, 0.25) is 17.2 Å². The molecule has 4 heteroatoms. The van der Waals surface area contributed by atoms with Gasteiger partial charge in [-0.2, -0.15) is 4.57 Å². The van der Waals surface area contributed by atoms with Gasteiger partial charge in [-0.15, -0.1) is 0 Å². The number of hydrogen-bond acceptors (Lipinski definition) is 2. The number of fused-ring (bicyclic) bond motifs is 2. The lowest BCUT2D eigenvalue weighted by molar-refractivity contribution is -0.578. The maximum absolute atomic E-state index is 13.1. The molecule has 3 aromatic heterocycles. The summed E-state index contributed by atoms with van der Waals surface area (Å²) in [5, 5.41) is 10.8. The molecule has 0 unspecified atom stereocenters. The van der Waals surface area contributed by atoms with Gasteiger partial charge in [0.15, 0.2) is 6.20 Å². The van der Waals surface area contributed by atoms with Crippen LogP contribution in [0.3, 0.4) is 0 Å². The molecule has 0 saturated heterocycles. The molecule has 1 aliphatic heterocycles. The first-order chi connectivity index (χ1) is 12.6. The van der Waals surface area contributed by atoms with Gasteiger partial charge in [-0.25, -0.2) is 0 Å². The minimum absolute atomic E-state index is 0.0777. The zero-order chi connectivity index (χ0) is 18.0. The Labute approximate surface area is 150 Å². The van der Waals surface area contributed by atoms with Crippen molar-refractivity contribution in [2.24, 2.45) is 0 Å². The second kappa shape index (κ2) is 5.05. The average Bonchev–Trinajstić information content (AvgIpc) is 3.13. The zero-order valence-electron chi connectivity index (χ0n) is 14.5. The van der Waals surface area contributed by atoms with Gasteiger partial charge in [-0.3, -0.25) is 4.79 Å². The summed E-state index contributed by atoms with van der Waals surface area (Å²) in [7, 11) is 0. The van der Waals surface area contributed by atoms with E-state index in [-0.39, 0.29) is 11.5 Å². The third kappa shape index (κ3) is 1.78. The number of ketones is 1. The minimum Gasteiger partial charge on any atom is -0.506 e. The Bertz CT molecular complexity index is 1220. The van der Waals surface area contributed by atoms with E-state index in [0.29, 0.717) is 11.1 Å². The highest BCUT2D eigenvalue weighted by Gasteiger charge is 2.44. The van der Waals surface area contributed by atoms with Crippen molar-refractivity contribution in [2.75, 3.05) is 0 Å². The van der Waals surface area contributed by atoms with E-state index in [9.17, 15) is 9.90 Å². The van der Waals surface area contributed by atoms with Crippen LogP contribution < -0.4 is 4.57 Å². The molecular weight excluding hydrogens is 324 g/mol. The smallest absolute Gasteiger partial charge is 0.229 e. The lowest BCUT2D eigenvalue weighted by Gasteiger charge is -2.22. The highest BCUT2D eigenvalue weighted by molar-refractivity contribution is 6.40. The predicted molar refractivity (Wildman–Crippen MR) is 100 cm³/mol. The van der Waals surface area contributed by atoms with E-state index in [1.54, 1.807) is 0 Å². The summed E-state index contributed by atoms with van der Waals surface area (Å²) in [5.74, 6) is -0.0321. The van der Waals surface area contributed by atoms with Crippen LogP contribution >= 0.6 is 0 Å². The monoisotopic (exact) mass is 341 g/mol. The van der Waals surface area contributed by atoms with Crippen LogP contribution in [-0.2, 0) is 4.79 Å². The van der Waals surface area contributed by atoms with E-state index in [1.165, 1.54) is 0 Å². The van der Waals surface area contributed by atoms with Crippen molar-refractivity contribution < 1.29 is 14.5 Å². The first-order valence-corrected chi connectivity index (χ1v) is 8.57. The van der Waals surface area contributed by atoms with Gasteiger partial charge >= 0.3 is 0 Å². The minimum atomic E-state index is -0.110. The number of aromatic nitrogens is 2. The summed E-state index contributed by atoms with van der Waals surface area (Å²) in [4.78, 5) is 13.1. The SMILES string of the molecule is CC1=Cc2cccc[n+]2C1=C1C(=O)C(c2c(C)cc3ccccn23)=C1O. The zero-order valence-corrected chi connectivity index (χ0v) is 14.5. The van der Waals surface area contributed by atoms with E-state index in [0.717, 1.165) is 33.7 Å². The Hall–Kier alpha value is -3.40. The Morgan fingerprint density at radius 2 is 1.85 bits per heavy atom. The van der Waals surface area contributed by atoms with Gasteiger partial charge in [0.1, 0.15) is 11.3 Å². The largest absolute Gasteiger partial charge is 0.506 e. The normalized spacial score (nSPS) is 19.0. The number of rotatable bonds is 1. The van der Waals surface area contributed by atoms with Crippen LogP contribution in [0.15, 0.2) is 71.8 Å². The van der Waals surface area contributed by atoms with Crippen molar-refractivity contribution in [3.8, 4) is 0 Å². The molecule has 1 N–H and O–H groups in total. The van der Waals surface area contributed by atoms with Gasteiger partial charge in [0, 0.05) is 35.5 Å². The van der Waals surface area contributed by atoms with Crippen LogP contribution in [0.4, 0.5) is 0 Å². The molecule has 0 aromatic carbocycles. The summed E-state index contributed by atoms with van der Waals surface area (Å²) >= 11 is 0. The number of aryl methyl sites for hydroxylation is 1. The topological polar surface area (TPSA) is 45.6 Å². The van der Waals surface area contributed by atoms with Crippen molar-refractivity contribution in [3.05, 3.63) is 88.7 Å². The number of aliphatic hydroxyl groups is 1. The van der Waals surface area contributed by atoms with Gasteiger partial charge < -0.3 is 9.51 Å². The Morgan fingerprint density at radius 1 is 1.04 bits per heavy atom. The number of pyridine rings is 2. The van der Waals surface area contributed by atoms with E-state index in [2.05, 4.69) is 0 Å². The van der Waals surface area contributed by atoms with E-state index in [4.69, 9.17) is 0 Å². The van der Waals surface area contributed by atoms with Gasteiger partial charge in [-0.05, 0) is 43.7 Å². The van der Waals surface area contributed by atoms with E-state index < -0.39 is 0 Å². The van der Waals surface area contributed by atoms with Crippen molar-refractivity contribution in [1.29, 1.82) is 0 Å². The van der Waals surface area contributed by atoms with Crippen LogP contribution in [0.5, 0.6) is 0 Å². The summed E-state index contributed by atoms with van der Waals surface area (Å²) in [5.41, 5.74) is 6.29. The number of hydrogen-bond donors (Lipinski definition) is 1. The summed E-state index contributed by atoms with van der Waals surface area (Å²) in [6, 6.07) is 13.8. The summed E-state index contributed by atoms with van der Waals surface area (Å²) in [6.07, 6.45) is 5.86. The molecule has 4 nitrogen and oxygen atoms in total. The first kappa shape index (κ1) is 14.9. The van der Waals surface area contributed by atoms with Crippen LogP contribution in [0.1, 0.15) is 23.9 Å². The second-order valence-electron chi connectivity index (χ2n) is 6.77. The van der Waals surface area contributed by atoms with Crippen LogP contribution in [0, 0.1) is 6.92 Å². The molecule has 1 aliphatic carbocycles. The number of Topliss-reactive ketones (excluding diaryl/α,β-unsaturated/α-hetero) is 1. The van der Waals surface area contributed by atoms with Gasteiger partial charge in [0.05, 0.1) is 11.3 Å². The van der Waals surface area contributed by atoms with Crippen LogP contribution in [0.25, 0.3) is 22.9 Å². The number of carbonyl (C=O) groups excluding carboxylic acids is 1. The molecule has 0 amide bonds. The molecule has 26 heavy (non-hydrogen) atoms. The molecule has 0 atom stereocenters. The fraction of sp³-hybridized carbons (Fsp3) is 0.0909. The third-order valence-corrected chi connectivity index (χ3v) is 5.14. The fourth-order valence-corrected chi connectivity index (χ4v) is 3.99. The average molecular weight is 341 g/mol. The number of carbonyl (C=O) groups is 1. The number of aliphatic hydroxyl groups excluding tert-OH is 1. The molecule has 126 valence electrons. The Balaban J connectivity index is 1.76. The lowest BCUT2D eigenvalue weighted by Crippen LogP contribution is -2.37. The molecule has 0 radical (unpaired) electrons. The molecule has 2 aliphatic rings. The van der Waals surface area contributed by atoms with Crippen molar-refractivity contribution >= 4 is 28.6 Å². The molecule has 0 fully saturated rings. The summed E-state index contributed by atoms with van der Waals surface area (Å²) < 4.78 is 3.91. The summed E-state index contributed by atoms with van der Waals surface area (Å²) in [6.45, 7) is 3.93. The van der Waals surface area contributed by atoms with E-state index >= 15 is 0 Å². The van der Waals surface area contributed by atoms with E-state index in [1.807, 2.05) is 83.7 Å². The van der Waals surface area contributed by atoms with Gasteiger partial charge in [-0.1, -0.05) is 6.07 Å². The second-order valence-corrected chi connectivity index (χ2v) is 6.77. The molecule has 0 saturated carbocycles. The maximum Gasteiger partial charge on any atom is 0.229 e. The predicted octanol–water partition coefficient (Wildman–Crippen LogP) is 3.72. The standard InChI is InChI=1S/C22H16N2O2/c1-13-11-15-7-3-5-9-23(15)19(13)17-21(25)18(22(17)26)20-14(2)12-16-8-4-6-10-24(16)20/h3-12H,1-2H3/p+1. The highest BCUT2D eigenvalue weighted by Crippen LogP contribution is 2.42. The molecule has 0 spiro atoms. The Morgan fingerprint density at radius 3 is 2.65 bits per heavy atom. The van der Waals surface area contributed by atoms with Crippen LogP contribution in [-0.4, -0.2) is 15.3 Å². The first-order valence-electron chi connectivity index (χ1n) is 8.57. The lowest BCUT2D eigenvalue weighted by atomic mass is 9.82. The molecule has 4 heterocycles. The fourth-order valence-electron chi connectivity index (χ4n) is 3.99. The molecule has 0 bridgehead atoms. The van der Waals surface area contributed by atoms with Crippen molar-refractivity contribution in [1.82, 2.24) is 4.40 Å². The molecule has 5 rings (SSSR count). The van der Waals surface area contributed by atoms with Gasteiger partial charge in [0.25, 0.3) is 0 Å². The van der Waals surface area contributed by atoms with Crippen LogP contribution in [0.2, 0.25) is 0 Å². The Kier molecular flexibility index (Phi) is 2.89. The number of nitrogens with zero attached hydrogens (tertiary/aromatic N) is 2. The molecular formula is C22H17N2O2+. The third-order valence-electron chi connectivity index (χ3n) is 5.14. The number of allylic oxidation sites excluding steroid dienone is 4.